The fourth-order valence-electron chi connectivity index (χ4n) is 2.10. The maximum atomic E-state index is 12.0. The minimum absolute atomic E-state index is 0.167. The SMILES string of the molecule is CN(N)C(=O)c1ccccc1OC1CN(C(=O)OC(C)(C)C)C1. The van der Waals surface area contributed by atoms with Crippen LogP contribution in [-0.2, 0) is 4.74 Å². The van der Waals surface area contributed by atoms with Crippen molar-refractivity contribution in [2.45, 2.75) is 32.5 Å². The van der Waals surface area contributed by atoms with Crippen LogP contribution in [0.15, 0.2) is 24.3 Å². The second-order valence-corrected chi connectivity index (χ2v) is 6.54. The first-order valence-corrected chi connectivity index (χ1v) is 7.44. The van der Waals surface area contributed by atoms with Gasteiger partial charge in [-0.2, -0.15) is 0 Å². The summed E-state index contributed by atoms with van der Waals surface area (Å²) >= 11 is 0. The number of amides is 2. The molecule has 0 radical (unpaired) electrons. The summed E-state index contributed by atoms with van der Waals surface area (Å²) in [4.78, 5) is 25.5. The Morgan fingerprint density at radius 2 is 1.87 bits per heavy atom. The van der Waals surface area contributed by atoms with Crippen LogP contribution in [0.2, 0.25) is 0 Å². The first-order chi connectivity index (χ1) is 10.7. The quantitative estimate of drug-likeness (QED) is 0.519. The van der Waals surface area contributed by atoms with Gasteiger partial charge in [-0.3, -0.25) is 9.80 Å². The number of benzene rings is 1. The molecular formula is C16H23N3O4. The highest BCUT2D eigenvalue weighted by Crippen LogP contribution is 2.24. The maximum absolute atomic E-state index is 12.0. The van der Waals surface area contributed by atoms with Crippen molar-refractivity contribution in [2.75, 3.05) is 20.1 Å². The van der Waals surface area contributed by atoms with Crippen molar-refractivity contribution in [3.05, 3.63) is 29.8 Å². The van der Waals surface area contributed by atoms with Crippen molar-refractivity contribution < 1.29 is 19.1 Å². The molecule has 1 saturated heterocycles. The van der Waals surface area contributed by atoms with E-state index in [9.17, 15) is 9.59 Å². The number of likely N-dealkylation sites (tertiary alicyclic amines) is 1. The normalized spacial score (nSPS) is 14.9. The molecule has 2 amide bonds. The van der Waals surface area contributed by atoms with Gasteiger partial charge < -0.3 is 14.4 Å². The van der Waals surface area contributed by atoms with Gasteiger partial charge in [-0.25, -0.2) is 10.6 Å². The topological polar surface area (TPSA) is 85.1 Å². The van der Waals surface area contributed by atoms with E-state index in [4.69, 9.17) is 15.3 Å². The lowest BCUT2D eigenvalue weighted by atomic mass is 10.1. The van der Waals surface area contributed by atoms with Crippen LogP contribution in [-0.4, -0.2) is 53.8 Å². The molecule has 1 fully saturated rings. The largest absolute Gasteiger partial charge is 0.486 e. The molecule has 1 aromatic carbocycles. The molecule has 1 aromatic rings. The van der Waals surface area contributed by atoms with E-state index >= 15 is 0 Å². The predicted molar refractivity (Wildman–Crippen MR) is 84.9 cm³/mol. The fourth-order valence-corrected chi connectivity index (χ4v) is 2.10. The molecule has 1 aliphatic heterocycles. The third kappa shape index (κ3) is 4.35. The molecule has 1 heterocycles. The van der Waals surface area contributed by atoms with Crippen LogP contribution in [0.5, 0.6) is 5.75 Å². The first kappa shape index (κ1) is 17.1. The van der Waals surface area contributed by atoms with E-state index in [0.717, 1.165) is 5.01 Å². The van der Waals surface area contributed by atoms with Gasteiger partial charge in [-0.15, -0.1) is 0 Å². The van der Waals surface area contributed by atoms with Crippen LogP contribution in [0.1, 0.15) is 31.1 Å². The minimum Gasteiger partial charge on any atom is -0.486 e. The van der Waals surface area contributed by atoms with Crippen molar-refractivity contribution >= 4 is 12.0 Å². The van der Waals surface area contributed by atoms with E-state index < -0.39 is 5.60 Å². The van der Waals surface area contributed by atoms with Crippen LogP contribution in [0.3, 0.4) is 0 Å². The molecule has 7 nitrogen and oxygen atoms in total. The maximum Gasteiger partial charge on any atom is 0.410 e. The smallest absolute Gasteiger partial charge is 0.410 e. The number of carbonyl (C=O) groups is 2. The number of nitrogens with two attached hydrogens (primary N) is 1. The van der Waals surface area contributed by atoms with Crippen molar-refractivity contribution in [1.29, 1.82) is 0 Å². The van der Waals surface area contributed by atoms with Gasteiger partial charge in [0.1, 0.15) is 17.5 Å². The van der Waals surface area contributed by atoms with Crippen molar-refractivity contribution in [3.63, 3.8) is 0 Å². The lowest BCUT2D eigenvalue weighted by Crippen LogP contribution is -2.57. The molecule has 0 saturated carbocycles. The Kier molecular flexibility index (Phi) is 4.79. The highest BCUT2D eigenvalue weighted by Gasteiger charge is 2.35. The third-order valence-corrected chi connectivity index (χ3v) is 3.23. The van der Waals surface area contributed by atoms with E-state index in [1.54, 1.807) is 29.2 Å². The number of para-hydroxylation sites is 1. The van der Waals surface area contributed by atoms with Gasteiger partial charge in [-0.05, 0) is 32.9 Å². The zero-order valence-corrected chi connectivity index (χ0v) is 13.9. The minimum atomic E-state index is -0.520. The monoisotopic (exact) mass is 321 g/mol. The summed E-state index contributed by atoms with van der Waals surface area (Å²) < 4.78 is 11.1. The summed E-state index contributed by atoms with van der Waals surface area (Å²) in [5.41, 5.74) is -0.124. The van der Waals surface area contributed by atoms with Crippen LogP contribution < -0.4 is 10.6 Å². The van der Waals surface area contributed by atoms with Crippen LogP contribution >= 0.6 is 0 Å². The van der Waals surface area contributed by atoms with E-state index in [0.29, 0.717) is 24.4 Å². The highest BCUT2D eigenvalue weighted by atomic mass is 16.6. The lowest BCUT2D eigenvalue weighted by molar-refractivity contribution is -0.0223. The summed E-state index contributed by atoms with van der Waals surface area (Å²) in [6, 6.07) is 6.91. The molecule has 2 N–H and O–H groups in total. The Hall–Kier alpha value is -2.28. The number of hydrogen-bond donors (Lipinski definition) is 1. The number of hydrogen-bond acceptors (Lipinski definition) is 5. The van der Waals surface area contributed by atoms with Crippen LogP contribution in [0.4, 0.5) is 4.79 Å². The summed E-state index contributed by atoms with van der Waals surface area (Å²) in [5, 5.41) is 1.01. The Labute approximate surface area is 135 Å². The Morgan fingerprint density at radius 3 is 2.43 bits per heavy atom. The standard InChI is InChI=1S/C16H23N3O4/c1-16(2,3)23-15(21)19-9-11(10-19)22-13-8-6-5-7-12(13)14(20)18(4)17/h5-8,11H,9-10,17H2,1-4H3. The molecule has 0 aliphatic carbocycles. The molecule has 1 aliphatic rings. The zero-order chi connectivity index (χ0) is 17.2. The van der Waals surface area contributed by atoms with E-state index in [2.05, 4.69) is 0 Å². The Balaban J connectivity index is 1.94. The molecule has 23 heavy (non-hydrogen) atoms. The molecule has 2 rings (SSSR count). The van der Waals surface area contributed by atoms with Gasteiger partial charge in [0.25, 0.3) is 5.91 Å². The fraction of sp³-hybridized carbons (Fsp3) is 0.500. The van der Waals surface area contributed by atoms with Gasteiger partial charge in [0.2, 0.25) is 0 Å². The number of nitrogens with zero attached hydrogens (tertiary/aromatic N) is 2. The van der Waals surface area contributed by atoms with Crippen molar-refractivity contribution in [3.8, 4) is 5.75 Å². The Bertz CT molecular complexity index is 589. The van der Waals surface area contributed by atoms with Crippen LogP contribution in [0.25, 0.3) is 0 Å². The van der Waals surface area contributed by atoms with E-state index in [1.807, 2.05) is 20.8 Å². The molecular weight excluding hydrogens is 298 g/mol. The molecule has 0 atom stereocenters. The Morgan fingerprint density at radius 1 is 1.26 bits per heavy atom. The second kappa shape index (κ2) is 6.45. The van der Waals surface area contributed by atoms with Gasteiger partial charge in [0.05, 0.1) is 18.7 Å². The molecule has 0 bridgehead atoms. The molecule has 126 valence electrons. The summed E-state index contributed by atoms with van der Waals surface area (Å²) in [6.45, 7) is 6.32. The van der Waals surface area contributed by atoms with Crippen molar-refractivity contribution in [2.24, 2.45) is 5.84 Å². The summed E-state index contributed by atoms with van der Waals surface area (Å²) in [6.07, 6.45) is -0.525. The molecule has 0 unspecified atom stereocenters. The van der Waals surface area contributed by atoms with Gasteiger partial charge in [0.15, 0.2) is 0 Å². The molecule has 0 aromatic heterocycles. The first-order valence-electron chi connectivity index (χ1n) is 7.44. The average Bonchev–Trinajstić information content (AvgIpc) is 2.39. The number of hydrazine groups is 1. The van der Waals surface area contributed by atoms with Gasteiger partial charge >= 0.3 is 6.09 Å². The zero-order valence-electron chi connectivity index (χ0n) is 13.9. The van der Waals surface area contributed by atoms with E-state index in [-0.39, 0.29) is 18.1 Å². The van der Waals surface area contributed by atoms with Crippen molar-refractivity contribution in [1.82, 2.24) is 9.91 Å². The predicted octanol–water partition coefficient (Wildman–Crippen LogP) is 1.63. The average molecular weight is 321 g/mol. The van der Waals surface area contributed by atoms with E-state index in [1.165, 1.54) is 7.05 Å². The van der Waals surface area contributed by atoms with Crippen LogP contribution in [0, 0.1) is 0 Å². The van der Waals surface area contributed by atoms with Gasteiger partial charge in [-0.1, -0.05) is 12.1 Å². The molecule has 0 spiro atoms. The number of carbonyl (C=O) groups excluding carboxylic acids is 2. The number of rotatable bonds is 3. The third-order valence-electron chi connectivity index (χ3n) is 3.23. The number of ether oxygens (including phenoxy) is 2. The van der Waals surface area contributed by atoms with Gasteiger partial charge in [0, 0.05) is 7.05 Å². The molecule has 7 heteroatoms. The summed E-state index contributed by atoms with van der Waals surface area (Å²) in [5.74, 6) is 5.63. The second-order valence-electron chi connectivity index (χ2n) is 6.54. The lowest BCUT2D eigenvalue weighted by Gasteiger charge is -2.39. The summed E-state index contributed by atoms with van der Waals surface area (Å²) in [7, 11) is 1.48. The highest BCUT2D eigenvalue weighted by molar-refractivity contribution is 5.96.